The quantitative estimate of drug-likeness (QED) is 0.0421. The molecule has 0 spiro atoms. The van der Waals surface area contributed by atoms with Crippen LogP contribution < -0.4 is 5.32 Å². The van der Waals surface area contributed by atoms with Gasteiger partial charge < -0.3 is 15.5 Å². The summed E-state index contributed by atoms with van der Waals surface area (Å²) in [5.74, 6) is -0.0734. The first-order valence-electron chi connectivity index (χ1n) is 28.9. The maximum absolute atomic E-state index is 12.5. The fourth-order valence-electron chi connectivity index (χ4n) is 8.86. The van der Waals surface area contributed by atoms with E-state index in [1.54, 1.807) is 6.08 Å². The van der Waals surface area contributed by atoms with Gasteiger partial charge in [0.25, 0.3) is 0 Å². The second-order valence-corrected chi connectivity index (χ2v) is 19.7. The molecule has 0 radical (unpaired) electrons. The predicted octanol–water partition coefficient (Wildman–Crippen LogP) is 19.0. The molecule has 0 bridgehead atoms. The highest BCUT2D eigenvalue weighted by molar-refractivity contribution is 5.76. The van der Waals surface area contributed by atoms with Gasteiger partial charge >= 0.3 is 0 Å². The summed E-state index contributed by atoms with van der Waals surface area (Å²) < 4.78 is 0. The first-order valence-corrected chi connectivity index (χ1v) is 28.9. The van der Waals surface area contributed by atoms with Crippen LogP contribution in [0.2, 0.25) is 0 Å². The predicted molar refractivity (Wildman–Crippen MR) is 285 cm³/mol. The third-order valence-corrected chi connectivity index (χ3v) is 13.3. The summed E-state index contributed by atoms with van der Waals surface area (Å²) >= 11 is 0. The van der Waals surface area contributed by atoms with Gasteiger partial charge in [0.1, 0.15) is 0 Å². The molecule has 0 heterocycles. The molecule has 2 unspecified atom stereocenters. The first kappa shape index (κ1) is 62.4. The monoisotopic (exact) mass is 896 g/mol. The molecule has 4 heteroatoms. The van der Waals surface area contributed by atoms with Crippen molar-refractivity contribution < 1.29 is 15.0 Å². The molecule has 0 aliphatic carbocycles. The minimum Gasteiger partial charge on any atom is -0.394 e. The molecule has 0 rings (SSSR count). The van der Waals surface area contributed by atoms with Gasteiger partial charge in [0.2, 0.25) is 5.91 Å². The zero-order valence-corrected chi connectivity index (χ0v) is 43.3. The Kier molecular flexibility index (Phi) is 54.2. The standard InChI is InChI=1S/C60H113NO3/c1-3-5-7-9-11-13-15-17-19-21-23-24-25-26-27-28-29-30-31-32-33-34-35-36-38-40-42-44-46-48-50-52-54-56-60(64)61-58(57-62)59(63)55-53-51-49-47-45-43-41-39-37-22-20-18-16-14-12-10-8-6-4-2/h21,23,37,39,45,47,53,55,58-59,62-63H,3-20,22,24-36,38,40-44,46,48-52,54,56-57H2,1-2H3,(H,61,64)/b23-21-,39-37+,47-45+,55-53+. The van der Waals surface area contributed by atoms with Crippen molar-refractivity contribution in [3.05, 3.63) is 48.6 Å². The summed E-state index contributed by atoms with van der Waals surface area (Å²) in [4.78, 5) is 12.5. The van der Waals surface area contributed by atoms with E-state index in [0.717, 1.165) is 38.5 Å². The van der Waals surface area contributed by atoms with Gasteiger partial charge in [-0.25, -0.2) is 0 Å². The number of hydrogen-bond donors (Lipinski definition) is 3. The molecule has 376 valence electrons. The summed E-state index contributed by atoms with van der Waals surface area (Å²) in [5, 5.41) is 23.1. The zero-order chi connectivity index (χ0) is 46.3. The number of unbranched alkanes of at least 4 members (excludes halogenated alkanes) is 40. The maximum Gasteiger partial charge on any atom is 0.220 e. The highest BCUT2D eigenvalue weighted by atomic mass is 16.3. The largest absolute Gasteiger partial charge is 0.394 e. The van der Waals surface area contributed by atoms with Crippen LogP contribution in [-0.2, 0) is 4.79 Å². The van der Waals surface area contributed by atoms with E-state index in [1.807, 2.05) is 6.08 Å². The Balaban J connectivity index is 3.48. The number of hydrogen-bond acceptors (Lipinski definition) is 3. The lowest BCUT2D eigenvalue weighted by Gasteiger charge is -2.19. The van der Waals surface area contributed by atoms with Crippen molar-refractivity contribution in [2.24, 2.45) is 0 Å². The van der Waals surface area contributed by atoms with E-state index in [2.05, 4.69) is 55.6 Å². The number of carbonyl (C=O) groups is 1. The molecule has 4 nitrogen and oxygen atoms in total. The van der Waals surface area contributed by atoms with Crippen LogP contribution in [0.5, 0.6) is 0 Å². The third kappa shape index (κ3) is 51.3. The van der Waals surface area contributed by atoms with Crippen molar-refractivity contribution in [3.63, 3.8) is 0 Å². The van der Waals surface area contributed by atoms with Crippen molar-refractivity contribution in [1.82, 2.24) is 5.32 Å². The van der Waals surface area contributed by atoms with Crippen LogP contribution in [0.1, 0.15) is 309 Å². The number of rotatable bonds is 53. The van der Waals surface area contributed by atoms with E-state index in [4.69, 9.17) is 0 Å². The number of carbonyl (C=O) groups excluding carboxylic acids is 1. The topological polar surface area (TPSA) is 69.6 Å². The van der Waals surface area contributed by atoms with E-state index < -0.39 is 12.1 Å². The van der Waals surface area contributed by atoms with Gasteiger partial charge in [0, 0.05) is 6.42 Å². The van der Waals surface area contributed by atoms with Crippen molar-refractivity contribution >= 4 is 5.91 Å². The summed E-state index contributed by atoms with van der Waals surface area (Å²) in [6.07, 6.45) is 77.2. The first-order chi connectivity index (χ1) is 31.7. The molecule has 1 amide bonds. The van der Waals surface area contributed by atoms with E-state index in [0.29, 0.717) is 6.42 Å². The fourth-order valence-corrected chi connectivity index (χ4v) is 8.86. The van der Waals surface area contributed by atoms with Gasteiger partial charge in [-0.05, 0) is 70.6 Å². The Labute approximate surface area is 401 Å². The second kappa shape index (κ2) is 55.7. The van der Waals surface area contributed by atoms with Gasteiger partial charge in [-0.3, -0.25) is 4.79 Å². The number of amides is 1. The lowest BCUT2D eigenvalue weighted by Crippen LogP contribution is -2.45. The SMILES string of the molecule is CCCCCCCCCC/C=C\CCCCCCCCCCCCCCCCCCCCCCCC(=O)NC(CO)C(O)/C=C/CC/C=C/CC/C=C/CCCCCCCCCCC. The lowest BCUT2D eigenvalue weighted by molar-refractivity contribution is -0.123. The van der Waals surface area contributed by atoms with Crippen LogP contribution in [-0.4, -0.2) is 34.9 Å². The molecule has 0 aromatic rings. The molecule has 0 aromatic carbocycles. The fraction of sp³-hybridized carbons (Fsp3) is 0.850. The smallest absolute Gasteiger partial charge is 0.220 e. The van der Waals surface area contributed by atoms with Gasteiger partial charge in [0.05, 0.1) is 18.8 Å². The Morgan fingerprint density at radius 1 is 0.359 bits per heavy atom. The second-order valence-electron chi connectivity index (χ2n) is 19.7. The minimum absolute atomic E-state index is 0.0734. The van der Waals surface area contributed by atoms with Crippen molar-refractivity contribution in [2.75, 3.05) is 6.61 Å². The molecular weight excluding hydrogens is 783 g/mol. The highest BCUT2D eigenvalue weighted by Crippen LogP contribution is 2.17. The normalized spacial score (nSPS) is 13.1. The van der Waals surface area contributed by atoms with Gasteiger partial charge in [-0.15, -0.1) is 0 Å². The number of allylic oxidation sites excluding steroid dienone is 7. The van der Waals surface area contributed by atoms with Gasteiger partial charge in [-0.1, -0.05) is 281 Å². The van der Waals surface area contributed by atoms with Gasteiger partial charge in [0.15, 0.2) is 0 Å². The van der Waals surface area contributed by atoms with Crippen LogP contribution in [0, 0.1) is 0 Å². The van der Waals surface area contributed by atoms with Crippen LogP contribution in [0.25, 0.3) is 0 Å². The Bertz CT molecular complexity index is 1020. The Hall–Kier alpha value is -1.65. The molecule has 2 atom stereocenters. The number of aliphatic hydroxyl groups excluding tert-OH is 2. The minimum atomic E-state index is -0.870. The molecule has 0 aliphatic rings. The van der Waals surface area contributed by atoms with E-state index in [9.17, 15) is 15.0 Å². The molecule has 64 heavy (non-hydrogen) atoms. The van der Waals surface area contributed by atoms with Crippen LogP contribution in [0.3, 0.4) is 0 Å². The van der Waals surface area contributed by atoms with Crippen molar-refractivity contribution in [2.45, 2.75) is 321 Å². The average molecular weight is 897 g/mol. The Morgan fingerprint density at radius 2 is 0.609 bits per heavy atom. The summed E-state index contributed by atoms with van der Waals surface area (Å²) in [6, 6.07) is -0.645. The molecule has 3 N–H and O–H groups in total. The van der Waals surface area contributed by atoms with Crippen molar-refractivity contribution in [3.8, 4) is 0 Å². The van der Waals surface area contributed by atoms with Crippen LogP contribution >= 0.6 is 0 Å². The number of nitrogens with one attached hydrogen (secondary N) is 1. The van der Waals surface area contributed by atoms with Gasteiger partial charge in [-0.2, -0.15) is 0 Å². The molecule has 0 aromatic heterocycles. The molecule has 0 saturated carbocycles. The summed E-state index contributed by atoms with van der Waals surface area (Å²) in [5.41, 5.74) is 0. The zero-order valence-electron chi connectivity index (χ0n) is 43.3. The summed E-state index contributed by atoms with van der Waals surface area (Å²) in [6.45, 7) is 4.31. The van der Waals surface area contributed by atoms with E-state index in [-0.39, 0.29) is 12.5 Å². The molecule has 0 aliphatic heterocycles. The van der Waals surface area contributed by atoms with E-state index in [1.165, 1.54) is 250 Å². The van der Waals surface area contributed by atoms with Crippen molar-refractivity contribution in [1.29, 1.82) is 0 Å². The third-order valence-electron chi connectivity index (χ3n) is 13.3. The number of aliphatic hydroxyl groups is 2. The summed E-state index contributed by atoms with van der Waals surface area (Å²) in [7, 11) is 0. The highest BCUT2D eigenvalue weighted by Gasteiger charge is 2.18. The van der Waals surface area contributed by atoms with E-state index >= 15 is 0 Å². The Morgan fingerprint density at radius 3 is 0.906 bits per heavy atom. The maximum atomic E-state index is 12.5. The average Bonchev–Trinajstić information content (AvgIpc) is 3.30. The van der Waals surface area contributed by atoms with Crippen LogP contribution in [0.4, 0.5) is 0 Å². The molecule has 0 fully saturated rings. The van der Waals surface area contributed by atoms with Crippen LogP contribution in [0.15, 0.2) is 48.6 Å². The molecule has 0 saturated heterocycles. The molecular formula is C60H113NO3. The lowest BCUT2D eigenvalue weighted by atomic mass is 10.0.